The van der Waals surface area contributed by atoms with Crippen LogP contribution in [0.4, 0.5) is 33.2 Å². The summed E-state index contributed by atoms with van der Waals surface area (Å²) in [4.78, 5) is 41.1. The number of amides is 2. The van der Waals surface area contributed by atoms with E-state index in [0.29, 0.717) is 41.3 Å². The predicted octanol–water partition coefficient (Wildman–Crippen LogP) is 4.06. The molecule has 11 nitrogen and oxygen atoms in total. The highest BCUT2D eigenvalue weighted by molar-refractivity contribution is 6.31. The molecule has 0 fully saturated rings. The van der Waals surface area contributed by atoms with Gasteiger partial charge < -0.3 is 35.5 Å². The first-order chi connectivity index (χ1) is 19.2. The topological polar surface area (TPSA) is 128 Å². The lowest BCUT2D eigenvalue weighted by atomic mass is 10.1. The number of anilines is 5. The zero-order valence-corrected chi connectivity index (χ0v) is 23.1. The van der Waals surface area contributed by atoms with Crippen molar-refractivity contribution in [3.63, 3.8) is 0 Å². The lowest BCUT2D eigenvalue weighted by molar-refractivity contribution is -0.119. The van der Waals surface area contributed by atoms with Crippen LogP contribution in [0.2, 0.25) is 5.02 Å². The number of likely N-dealkylation sites (N-methyl/N-ethyl adjacent to an activating group) is 1. The average Bonchev–Trinajstić information content (AvgIpc) is 3.54. The molecule has 0 spiro atoms. The van der Waals surface area contributed by atoms with Gasteiger partial charge in [0.15, 0.2) is 0 Å². The summed E-state index contributed by atoms with van der Waals surface area (Å²) >= 11 is 6.11. The van der Waals surface area contributed by atoms with E-state index in [9.17, 15) is 14.0 Å². The molecule has 3 heterocycles. The van der Waals surface area contributed by atoms with Crippen molar-refractivity contribution in [2.75, 3.05) is 56.9 Å². The van der Waals surface area contributed by atoms with Crippen molar-refractivity contribution < 1.29 is 18.7 Å². The normalized spacial score (nSPS) is 12.5. The van der Waals surface area contributed by atoms with E-state index in [1.165, 1.54) is 13.1 Å². The Bertz CT molecular complexity index is 1620. The summed E-state index contributed by atoms with van der Waals surface area (Å²) in [5.41, 5.74) is 2.78. The van der Waals surface area contributed by atoms with E-state index in [4.69, 9.17) is 16.3 Å². The van der Waals surface area contributed by atoms with Crippen LogP contribution in [0.1, 0.15) is 15.9 Å². The fourth-order valence-electron chi connectivity index (χ4n) is 4.66. The first-order valence-electron chi connectivity index (χ1n) is 12.4. The molecule has 0 saturated heterocycles. The standard InChI is InChI=1S/C27H28ClFN8O3/c1-30-26(39)23-17(29)10-15(28)11-19(23)32-25-16-5-7-31-24(16)34-27(35-25)33-18-12-20-14(9-21(18)40-4)6-8-37(20)22(38)13-36(2)3/h5,7,9-12H,6,8,13H2,1-4H3,(H,30,39)(H3,31,32,33,34,35). The molecule has 4 N–H and O–H groups in total. The summed E-state index contributed by atoms with van der Waals surface area (Å²) in [7, 11) is 6.68. The Balaban J connectivity index is 1.53. The van der Waals surface area contributed by atoms with Gasteiger partial charge in [-0.3, -0.25) is 9.59 Å². The number of carbonyl (C=O) groups is 2. The van der Waals surface area contributed by atoms with Crippen LogP contribution in [0.5, 0.6) is 5.75 Å². The van der Waals surface area contributed by atoms with Gasteiger partial charge in [0.2, 0.25) is 11.9 Å². The smallest absolute Gasteiger partial charge is 0.256 e. The maximum absolute atomic E-state index is 14.7. The maximum atomic E-state index is 14.7. The second-order valence-corrected chi connectivity index (χ2v) is 9.93. The van der Waals surface area contributed by atoms with Crippen molar-refractivity contribution in [3.05, 3.63) is 58.5 Å². The summed E-state index contributed by atoms with van der Waals surface area (Å²) in [6, 6.07) is 8.03. The number of carbonyl (C=O) groups excluding carboxylic acids is 2. The second-order valence-electron chi connectivity index (χ2n) is 9.49. The van der Waals surface area contributed by atoms with E-state index in [2.05, 4.69) is 30.9 Å². The average molecular weight is 567 g/mol. The van der Waals surface area contributed by atoms with Crippen LogP contribution < -0.4 is 25.6 Å². The van der Waals surface area contributed by atoms with Crippen LogP contribution in [0.15, 0.2) is 36.5 Å². The number of rotatable bonds is 8. The Kier molecular flexibility index (Phi) is 7.46. The highest BCUT2D eigenvalue weighted by Crippen LogP contribution is 2.39. The van der Waals surface area contributed by atoms with Gasteiger partial charge in [-0.1, -0.05) is 11.6 Å². The van der Waals surface area contributed by atoms with E-state index in [1.807, 2.05) is 31.1 Å². The molecule has 0 aliphatic carbocycles. The highest BCUT2D eigenvalue weighted by atomic mass is 35.5. The first kappa shape index (κ1) is 27.2. The molecule has 0 bridgehead atoms. The van der Waals surface area contributed by atoms with Crippen molar-refractivity contribution in [2.45, 2.75) is 6.42 Å². The number of methoxy groups -OCH3 is 1. The van der Waals surface area contributed by atoms with Gasteiger partial charge in [0.05, 0.1) is 36.0 Å². The molecule has 4 aromatic rings. The molecule has 0 saturated carbocycles. The van der Waals surface area contributed by atoms with E-state index in [-0.39, 0.29) is 34.7 Å². The molecule has 0 unspecified atom stereocenters. The summed E-state index contributed by atoms with van der Waals surface area (Å²) in [6.45, 7) is 0.871. The molecule has 5 rings (SSSR count). The molecule has 0 atom stereocenters. The number of aromatic amines is 1. The van der Waals surface area contributed by atoms with Gasteiger partial charge in [-0.05, 0) is 56.4 Å². The van der Waals surface area contributed by atoms with Gasteiger partial charge in [0, 0.05) is 30.5 Å². The van der Waals surface area contributed by atoms with Crippen molar-refractivity contribution in [1.82, 2.24) is 25.2 Å². The number of nitrogens with zero attached hydrogens (tertiary/aromatic N) is 4. The van der Waals surface area contributed by atoms with E-state index in [1.54, 1.807) is 24.3 Å². The SMILES string of the molecule is CNC(=O)c1c(F)cc(Cl)cc1Nc1nc(Nc2cc3c(cc2OC)CCN3C(=O)CN(C)C)nc2[nH]ccc12. The Hall–Kier alpha value is -4.42. The summed E-state index contributed by atoms with van der Waals surface area (Å²) in [5.74, 6) is -0.332. The number of halogens is 2. The van der Waals surface area contributed by atoms with Gasteiger partial charge in [0.1, 0.15) is 23.0 Å². The lowest BCUT2D eigenvalue weighted by Crippen LogP contribution is -2.36. The highest BCUT2D eigenvalue weighted by Gasteiger charge is 2.27. The minimum absolute atomic E-state index is 0.00363. The fraction of sp³-hybridized carbons (Fsp3) is 0.259. The number of hydrogen-bond acceptors (Lipinski definition) is 8. The molecule has 2 aromatic heterocycles. The van der Waals surface area contributed by atoms with Gasteiger partial charge in [0.25, 0.3) is 5.91 Å². The molecule has 13 heteroatoms. The third-order valence-electron chi connectivity index (χ3n) is 6.47. The minimum atomic E-state index is -0.775. The number of hydrogen-bond donors (Lipinski definition) is 4. The summed E-state index contributed by atoms with van der Waals surface area (Å²) in [5, 5.41) is 9.41. The van der Waals surface area contributed by atoms with E-state index >= 15 is 0 Å². The monoisotopic (exact) mass is 566 g/mol. The zero-order valence-electron chi connectivity index (χ0n) is 22.4. The lowest BCUT2D eigenvalue weighted by Gasteiger charge is -2.21. The first-order valence-corrected chi connectivity index (χ1v) is 12.8. The second kappa shape index (κ2) is 11.0. The van der Waals surface area contributed by atoms with Crippen LogP contribution >= 0.6 is 11.6 Å². The minimum Gasteiger partial charge on any atom is -0.495 e. The van der Waals surface area contributed by atoms with Crippen LogP contribution in [0.25, 0.3) is 11.0 Å². The molecular formula is C27H28ClFN8O3. The number of H-pyrrole nitrogens is 1. The molecule has 40 heavy (non-hydrogen) atoms. The van der Waals surface area contributed by atoms with Crippen LogP contribution in [0, 0.1) is 5.82 Å². The predicted molar refractivity (Wildman–Crippen MR) is 153 cm³/mol. The van der Waals surface area contributed by atoms with Crippen LogP contribution in [-0.2, 0) is 11.2 Å². The van der Waals surface area contributed by atoms with Gasteiger partial charge in [-0.15, -0.1) is 0 Å². The Morgan fingerprint density at radius 1 is 1.18 bits per heavy atom. The van der Waals surface area contributed by atoms with Crippen molar-refractivity contribution in [1.29, 1.82) is 0 Å². The van der Waals surface area contributed by atoms with Crippen molar-refractivity contribution in [2.24, 2.45) is 0 Å². The number of fused-ring (bicyclic) bond motifs is 2. The molecule has 1 aliphatic heterocycles. The van der Waals surface area contributed by atoms with Gasteiger partial charge in [-0.25, -0.2) is 4.39 Å². The fourth-order valence-corrected chi connectivity index (χ4v) is 4.87. The van der Waals surface area contributed by atoms with Crippen LogP contribution in [-0.4, -0.2) is 73.0 Å². The summed E-state index contributed by atoms with van der Waals surface area (Å²) < 4.78 is 20.4. The van der Waals surface area contributed by atoms with Gasteiger partial charge in [-0.2, -0.15) is 9.97 Å². The molecule has 2 amide bonds. The largest absolute Gasteiger partial charge is 0.495 e. The molecule has 2 aromatic carbocycles. The van der Waals surface area contributed by atoms with Gasteiger partial charge >= 0.3 is 0 Å². The number of aromatic nitrogens is 3. The third kappa shape index (κ3) is 5.23. The third-order valence-corrected chi connectivity index (χ3v) is 6.69. The van der Waals surface area contributed by atoms with E-state index < -0.39 is 11.7 Å². The number of ether oxygens (including phenoxy) is 1. The molecule has 1 aliphatic rings. The van der Waals surface area contributed by atoms with Crippen molar-refractivity contribution in [3.8, 4) is 5.75 Å². The maximum Gasteiger partial charge on any atom is 0.256 e. The van der Waals surface area contributed by atoms with E-state index in [0.717, 1.165) is 17.3 Å². The number of nitrogens with one attached hydrogen (secondary N) is 4. The molecule has 0 radical (unpaired) electrons. The quantitative estimate of drug-likeness (QED) is 0.251. The molecular weight excluding hydrogens is 539 g/mol. The summed E-state index contributed by atoms with van der Waals surface area (Å²) in [6.07, 6.45) is 2.41. The van der Waals surface area contributed by atoms with Crippen molar-refractivity contribution >= 4 is 63.3 Å². The Morgan fingerprint density at radius 2 is 1.98 bits per heavy atom. The van der Waals surface area contributed by atoms with Crippen LogP contribution in [0.3, 0.4) is 0 Å². The zero-order chi connectivity index (χ0) is 28.6. The molecule has 208 valence electrons. The number of benzene rings is 2. The Morgan fingerprint density at radius 3 is 2.70 bits per heavy atom. The Labute approximate surface area is 234 Å².